The van der Waals surface area contributed by atoms with Crippen LogP contribution in [-0.4, -0.2) is 74.0 Å². The number of aliphatic hydroxyl groups excluding tert-OH is 1. The van der Waals surface area contributed by atoms with E-state index in [4.69, 9.17) is 9.47 Å². The number of ether oxygens (including phenoxy) is 2. The molecule has 3 aromatic rings. The van der Waals surface area contributed by atoms with Crippen molar-refractivity contribution in [1.82, 2.24) is 9.80 Å². The first-order valence-electron chi connectivity index (χ1n) is 14.1. The molecule has 0 saturated carbocycles. The third kappa shape index (κ3) is 8.07. The molecule has 1 atom stereocenters. The fourth-order valence-electron chi connectivity index (χ4n) is 5.20. The Morgan fingerprint density at radius 1 is 0.816 bits per heavy atom. The molecule has 1 fully saturated rings. The van der Waals surface area contributed by atoms with Crippen molar-refractivity contribution >= 4 is 0 Å². The number of benzene rings is 3. The zero-order valence-electron chi connectivity index (χ0n) is 23.4. The van der Waals surface area contributed by atoms with Gasteiger partial charge in [-0.05, 0) is 86.5 Å². The first-order chi connectivity index (χ1) is 18.5. The summed E-state index contributed by atoms with van der Waals surface area (Å²) in [5, 5.41) is 9.71. The maximum Gasteiger partial charge on any atom is 0.122 e. The molecule has 1 saturated heterocycles. The van der Waals surface area contributed by atoms with Gasteiger partial charge in [-0.25, -0.2) is 0 Å². The molecule has 3 aromatic carbocycles. The van der Waals surface area contributed by atoms with Crippen molar-refractivity contribution < 1.29 is 14.6 Å². The predicted molar refractivity (Wildman–Crippen MR) is 156 cm³/mol. The van der Waals surface area contributed by atoms with Crippen LogP contribution in [0.2, 0.25) is 0 Å². The lowest BCUT2D eigenvalue weighted by molar-refractivity contribution is 0.173. The second-order valence-electron chi connectivity index (χ2n) is 10.5. The highest BCUT2D eigenvalue weighted by atomic mass is 16.5. The molecule has 0 amide bonds. The number of rotatable bonds is 14. The van der Waals surface area contributed by atoms with Gasteiger partial charge in [-0.2, -0.15) is 0 Å². The van der Waals surface area contributed by atoms with E-state index in [-0.39, 0.29) is 6.10 Å². The highest BCUT2D eigenvalue weighted by Crippen LogP contribution is 2.35. The zero-order valence-corrected chi connectivity index (χ0v) is 23.4. The van der Waals surface area contributed by atoms with Crippen LogP contribution in [0.1, 0.15) is 36.0 Å². The lowest BCUT2D eigenvalue weighted by atomic mass is 9.95. The minimum Gasteiger partial charge on any atom is -0.493 e. The van der Waals surface area contributed by atoms with E-state index in [2.05, 4.69) is 97.4 Å². The van der Waals surface area contributed by atoms with Crippen LogP contribution >= 0.6 is 0 Å². The summed E-state index contributed by atoms with van der Waals surface area (Å²) in [4.78, 5) is 4.69. The molecular weight excluding hydrogens is 472 g/mol. The molecule has 0 spiro atoms. The van der Waals surface area contributed by atoms with E-state index < -0.39 is 0 Å². The molecule has 0 unspecified atom stereocenters. The summed E-state index contributed by atoms with van der Waals surface area (Å²) in [5.41, 5.74) is 6.09. The van der Waals surface area contributed by atoms with Crippen molar-refractivity contribution in [3.63, 3.8) is 0 Å². The Balaban J connectivity index is 1.26. The Morgan fingerprint density at radius 2 is 1.45 bits per heavy atom. The van der Waals surface area contributed by atoms with Crippen molar-refractivity contribution in [3.8, 4) is 22.6 Å². The molecule has 0 aliphatic carbocycles. The lowest BCUT2D eigenvalue weighted by Crippen LogP contribution is -2.24. The average Bonchev–Trinajstić information content (AvgIpc) is 3.35. The molecule has 0 aromatic heterocycles. The quantitative estimate of drug-likeness (QED) is 0.277. The number of likely N-dealkylation sites (N-methyl/N-ethyl adjacent to an activating group) is 1. The van der Waals surface area contributed by atoms with Crippen LogP contribution in [0.5, 0.6) is 11.5 Å². The van der Waals surface area contributed by atoms with Gasteiger partial charge in [-0.3, -0.25) is 0 Å². The summed E-state index contributed by atoms with van der Waals surface area (Å²) >= 11 is 0. The summed E-state index contributed by atoms with van der Waals surface area (Å²) in [6, 6.07) is 23.3. The smallest absolute Gasteiger partial charge is 0.122 e. The maximum absolute atomic E-state index is 9.71. The Morgan fingerprint density at radius 3 is 2.05 bits per heavy atom. The summed E-state index contributed by atoms with van der Waals surface area (Å²) < 4.78 is 12.4. The van der Waals surface area contributed by atoms with Crippen LogP contribution in [-0.2, 0) is 6.42 Å². The first-order valence-corrected chi connectivity index (χ1v) is 14.1. The van der Waals surface area contributed by atoms with Gasteiger partial charge in [0.15, 0.2) is 0 Å². The molecule has 0 radical (unpaired) electrons. The molecule has 1 aliphatic heterocycles. The summed E-state index contributed by atoms with van der Waals surface area (Å²) in [5.74, 6) is 1.89. The van der Waals surface area contributed by atoms with Crippen molar-refractivity contribution in [3.05, 3.63) is 83.4 Å². The number of hydrogen-bond acceptors (Lipinski definition) is 5. The van der Waals surface area contributed by atoms with Gasteiger partial charge in [0.1, 0.15) is 11.5 Å². The maximum atomic E-state index is 9.71. The fraction of sp³-hybridized carbons (Fsp3) is 0.455. The standard InChI is InChI=1S/C33H44N2O3/c1-26-30(31-14-8-16-33(27(31)2)38-24-10-20-35-22-18-29(36)25-35)13-7-15-32(26)37-23-9-19-34(3)21-17-28-11-5-4-6-12-28/h4-8,11-16,29,36H,9-10,17-25H2,1-3H3/t29-/m1/s1. The van der Waals surface area contributed by atoms with Crippen LogP contribution < -0.4 is 9.47 Å². The number of β-amino-alcohol motifs (C(OH)–C–C–N with tert-alkyl or cyclic N) is 1. The van der Waals surface area contributed by atoms with Crippen LogP contribution in [0.4, 0.5) is 0 Å². The van der Waals surface area contributed by atoms with Crippen LogP contribution in [0.3, 0.4) is 0 Å². The molecule has 204 valence electrons. The van der Waals surface area contributed by atoms with E-state index in [9.17, 15) is 5.11 Å². The number of likely N-dealkylation sites (tertiary alicyclic amines) is 1. The second kappa shape index (κ2) is 14.3. The topological polar surface area (TPSA) is 45.2 Å². The third-order valence-corrected chi connectivity index (χ3v) is 7.55. The van der Waals surface area contributed by atoms with Crippen molar-refractivity contribution in [1.29, 1.82) is 0 Å². The minimum absolute atomic E-state index is 0.163. The molecule has 5 nitrogen and oxygen atoms in total. The van der Waals surface area contributed by atoms with E-state index in [0.717, 1.165) is 81.0 Å². The minimum atomic E-state index is -0.163. The van der Waals surface area contributed by atoms with Gasteiger partial charge >= 0.3 is 0 Å². The van der Waals surface area contributed by atoms with E-state index in [0.29, 0.717) is 13.2 Å². The van der Waals surface area contributed by atoms with Gasteiger partial charge < -0.3 is 24.4 Å². The van der Waals surface area contributed by atoms with Gasteiger partial charge in [0, 0.05) is 32.7 Å². The second-order valence-corrected chi connectivity index (χ2v) is 10.5. The Kier molecular flexibility index (Phi) is 10.6. The van der Waals surface area contributed by atoms with Gasteiger partial charge in [0.2, 0.25) is 0 Å². The van der Waals surface area contributed by atoms with Crippen LogP contribution in [0, 0.1) is 13.8 Å². The molecule has 0 bridgehead atoms. The Labute approximate surface area is 229 Å². The van der Waals surface area contributed by atoms with E-state index in [1.54, 1.807) is 0 Å². The fourth-order valence-corrected chi connectivity index (χ4v) is 5.20. The lowest BCUT2D eigenvalue weighted by Gasteiger charge is -2.19. The SMILES string of the molecule is Cc1c(OCCCN(C)CCc2ccccc2)cccc1-c1cccc(OCCCN2CC[C@@H](O)C2)c1C. The van der Waals surface area contributed by atoms with E-state index >= 15 is 0 Å². The molecule has 5 heteroatoms. The monoisotopic (exact) mass is 516 g/mol. The van der Waals surface area contributed by atoms with Crippen molar-refractivity contribution in [2.45, 2.75) is 45.6 Å². The molecular formula is C33H44N2O3. The normalized spacial score (nSPS) is 15.8. The van der Waals surface area contributed by atoms with Crippen LogP contribution in [0.15, 0.2) is 66.7 Å². The van der Waals surface area contributed by atoms with E-state index in [1.165, 1.54) is 16.7 Å². The summed E-state index contributed by atoms with van der Waals surface area (Å²) in [6.07, 6.45) is 3.75. The third-order valence-electron chi connectivity index (χ3n) is 7.55. The number of hydrogen-bond donors (Lipinski definition) is 1. The first kappa shape index (κ1) is 28.2. The Hall–Kier alpha value is -2.86. The zero-order chi connectivity index (χ0) is 26.7. The van der Waals surface area contributed by atoms with Crippen LogP contribution in [0.25, 0.3) is 11.1 Å². The summed E-state index contributed by atoms with van der Waals surface area (Å²) in [6.45, 7) is 10.5. The largest absolute Gasteiger partial charge is 0.493 e. The molecule has 1 heterocycles. The average molecular weight is 517 g/mol. The number of nitrogens with zero attached hydrogens (tertiary/aromatic N) is 2. The Bertz CT molecular complexity index is 1130. The predicted octanol–water partition coefficient (Wildman–Crippen LogP) is 5.75. The molecule has 38 heavy (non-hydrogen) atoms. The van der Waals surface area contributed by atoms with Gasteiger partial charge in [-0.1, -0.05) is 54.6 Å². The summed E-state index contributed by atoms with van der Waals surface area (Å²) in [7, 11) is 2.18. The molecule has 1 aliphatic rings. The van der Waals surface area contributed by atoms with Crippen molar-refractivity contribution in [2.75, 3.05) is 53.0 Å². The van der Waals surface area contributed by atoms with E-state index in [1.807, 2.05) is 0 Å². The highest BCUT2D eigenvalue weighted by Gasteiger charge is 2.19. The molecule has 1 N–H and O–H groups in total. The van der Waals surface area contributed by atoms with Crippen molar-refractivity contribution in [2.24, 2.45) is 0 Å². The highest BCUT2D eigenvalue weighted by molar-refractivity contribution is 5.74. The van der Waals surface area contributed by atoms with Gasteiger partial charge in [0.25, 0.3) is 0 Å². The number of aliphatic hydroxyl groups is 1. The molecule has 4 rings (SSSR count). The van der Waals surface area contributed by atoms with Gasteiger partial charge in [-0.15, -0.1) is 0 Å². The van der Waals surface area contributed by atoms with Gasteiger partial charge in [0.05, 0.1) is 19.3 Å².